The van der Waals surface area contributed by atoms with E-state index in [9.17, 15) is 13.2 Å². The Hall–Kier alpha value is -2.12. The van der Waals surface area contributed by atoms with Gasteiger partial charge in [-0.3, -0.25) is 4.79 Å². The number of hydrogen-bond donors (Lipinski definition) is 0. The van der Waals surface area contributed by atoms with Crippen LogP contribution in [0.4, 0.5) is 5.69 Å². The highest BCUT2D eigenvalue weighted by Crippen LogP contribution is 2.42. The molecule has 2 saturated heterocycles. The second kappa shape index (κ2) is 7.37. The minimum atomic E-state index is -3.07. The Morgan fingerprint density at radius 1 is 1.14 bits per heavy atom. The molecule has 0 N–H and O–H groups in total. The minimum absolute atomic E-state index is 0.0896. The molecule has 0 bridgehead atoms. The molecule has 2 aromatic carbocycles. The molecule has 146 valence electrons. The lowest BCUT2D eigenvalue weighted by Gasteiger charge is -2.26. The van der Waals surface area contributed by atoms with Crippen LogP contribution < -0.4 is 4.90 Å². The van der Waals surface area contributed by atoms with E-state index >= 15 is 0 Å². The number of carbonyl (C=O) groups is 1. The first-order valence-electron chi connectivity index (χ1n) is 9.21. The van der Waals surface area contributed by atoms with Crippen molar-refractivity contribution < 1.29 is 13.2 Å². The van der Waals surface area contributed by atoms with E-state index < -0.39 is 9.84 Å². The van der Waals surface area contributed by atoms with Gasteiger partial charge in [0.2, 0.25) is 0 Å². The number of fused-ring (bicyclic) bond motifs is 1. The normalized spacial score (nSPS) is 24.5. The summed E-state index contributed by atoms with van der Waals surface area (Å²) in [6, 6.07) is 15.4. The Kier molecular flexibility index (Phi) is 5.05. The molecule has 7 heteroatoms. The van der Waals surface area contributed by atoms with Crippen molar-refractivity contribution in [3.05, 3.63) is 65.2 Å². The van der Waals surface area contributed by atoms with Gasteiger partial charge in [-0.1, -0.05) is 54.2 Å². The topological polar surface area (TPSA) is 66.8 Å². The van der Waals surface area contributed by atoms with Gasteiger partial charge >= 0.3 is 0 Å². The van der Waals surface area contributed by atoms with Gasteiger partial charge in [-0.15, -0.1) is 0 Å². The minimum Gasteiger partial charge on any atom is -0.315 e. The number of thioether (sulfide) groups is 1. The summed E-state index contributed by atoms with van der Waals surface area (Å²) in [7, 11) is -3.07. The number of sulfone groups is 1. The highest BCUT2D eigenvalue weighted by molar-refractivity contribution is 8.16. The van der Waals surface area contributed by atoms with Crippen molar-refractivity contribution in [3.8, 4) is 0 Å². The summed E-state index contributed by atoms with van der Waals surface area (Å²) in [6.07, 6.45) is 0.235. The SMILES string of the molecule is Cc1ccc(C)c(N2C(=NC(=O)Cc3ccccc3)S[C@H]3CS(=O)(=O)C[C@H]32)c1. The van der Waals surface area contributed by atoms with Crippen LogP contribution in [0.5, 0.6) is 0 Å². The van der Waals surface area contributed by atoms with Crippen LogP contribution in [0.2, 0.25) is 0 Å². The lowest BCUT2D eigenvalue weighted by Crippen LogP contribution is -2.38. The lowest BCUT2D eigenvalue weighted by atomic mass is 10.1. The number of anilines is 1. The van der Waals surface area contributed by atoms with E-state index in [1.165, 1.54) is 11.8 Å². The average molecular weight is 415 g/mol. The third-order valence-corrected chi connectivity index (χ3v) is 8.32. The summed E-state index contributed by atoms with van der Waals surface area (Å²) in [6.45, 7) is 4.01. The number of aryl methyl sites for hydroxylation is 2. The van der Waals surface area contributed by atoms with Crippen molar-refractivity contribution in [2.45, 2.75) is 31.6 Å². The zero-order valence-electron chi connectivity index (χ0n) is 15.8. The number of amidine groups is 1. The quantitative estimate of drug-likeness (QED) is 0.772. The molecular weight excluding hydrogens is 392 g/mol. The predicted molar refractivity (Wildman–Crippen MR) is 115 cm³/mol. The van der Waals surface area contributed by atoms with E-state index in [1.807, 2.05) is 67.3 Å². The third kappa shape index (κ3) is 3.86. The van der Waals surface area contributed by atoms with Crippen molar-refractivity contribution in [2.24, 2.45) is 4.99 Å². The molecular formula is C21H22N2O3S2. The summed E-state index contributed by atoms with van der Waals surface area (Å²) in [5.74, 6) is 0.0198. The maximum atomic E-state index is 12.6. The van der Waals surface area contributed by atoms with Crippen molar-refractivity contribution in [3.63, 3.8) is 0 Å². The van der Waals surface area contributed by atoms with Gasteiger partial charge in [-0.05, 0) is 36.6 Å². The zero-order chi connectivity index (χ0) is 19.9. The van der Waals surface area contributed by atoms with E-state index in [1.54, 1.807) is 0 Å². The monoisotopic (exact) mass is 414 g/mol. The van der Waals surface area contributed by atoms with Gasteiger partial charge < -0.3 is 4.90 Å². The van der Waals surface area contributed by atoms with Crippen LogP contribution in [0.3, 0.4) is 0 Å². The van der Waals surface area contributed by atoms with Gasteiger partial charge in [0, 0.05) is 10.9 Å². The fourth-order valence-corrected chi connectivity index (χ4v) is 7.67. The molecule has 0 saturated carbocycles. The molecule has 4 rings (SSSR count). The zero-order valence-corrected chi connectivity index (χ0v) is 17.5. The molecule has 5 nitrogen and oxygen atoms in total. The Bertz CT molecular complexity index is 1050. The van der Waals surface area contributed by atoms with Crippen LogP contribution in [0.25, 0.3) is 0 Å². The Morgan fingerprint density at radius 2 is 1.89 bits per heavy atom. The Balaban J connectivity index is 1.69. The average Bonchev–Trinajstić information content (AvgIpc) is 3.09. The molecule has 0 unspecified atom stereocenters. The Morgan fingerprint density at radius 3 is 2.64 bits per heavy atom. The highest BCUT2D eigenvalue weighted by atomic mass is 32.2. The fraction of sp³-hybridized carbons (Fsp3) is 0.333. The smallest absolute Gasteiger partial charge is 0.252 e. The first kappa shape index (κ1) is 19.2. The molecule has 2 aliphatic heterocycles. The van der Waals surface area contributed by atoms with E-state index in [2.05, 4.69) is 4.99 Å². The van der Waals surface area contributed by atoms with E-state index in [0.717, 1.165) is 22.4 Å². The molecule has 28 heavy (non-hydrogen) atoms. The van der Waals surface area contributed by atoms with Crippen LogP contribution >= 0.6 is 11.8 Å². The van der Waals surface area contributed by atoms with Crippen LogP contribution in [0.15, 0.2) is 53.5 Å². The van der Waals surface area contributed by atoms with Gasteiger partial charge in [-0.2, -0.15) is 4.99 Å². The standard InChI is InChI=1S/C21H22N2O3S2/c1-14-8-9-15(2)17(10-14)23-18-12-28(25,26)13-19(18)27-21(23)22-20(24)11-16-6-4-3-5-7-16/h3-10,18-19H,11-13H2,1-2H3/t18-,19+/m1/s1. The maximum Gasteiger partial charge on any atom is 0.252 e. The van der Waals surface area contributed by atoms with E-state index in [4.69, 9.17) is 0 Å². The van der Waals surface area contributed by atoms with Crippen molar-refractivity contribution >= 4 is 38.4 Å². The lowest BCUT2D eigenvalue weighted by molar-refractivity contribution is -0.117. The second-order valence-corrected chi connectivity index (χ2v) is 10.8. The van der Waals surface area contributed by atoms with Crippen LogP contribution in [0.1, 0.15) is 16.7 Å². The molecule has 0 aromatic heterocycles. The third-order valence-electron chi connectivity index (χ3n) is 5.11. The van der Waals surface area contributed by atoms with Crippen molar-refractivity contribution in [1.29, 1.82) is 0 Å². The van der Waals surface area contributed by atoms with Crippen LogP contribution in [-0.2, 0) is 21.1 Å². The number of hydrogen-bond acceptors (Lipinski definition) is 4. The number of benzene rings is 2. The summed E-state index contributed by atoms with van der Waals surface area (Å²) < 4.78 is 24.4. The maximum absolute atomic E-state index is 12.6. The number of aliphatic imine (C=N–C) groups is 1. The van der Waals surface area contributed by atoms with Crippen LogP contribution in [-0.4, -0.2) is 42.3 Å². The largest absolute Gasteiger partial charge is 0.315 e. The molecule has 2 fully saturated rings. The molecule has 2 aromatic rings. The summed E-state index contributed by atoms with van der Waals surface area (Å²) >= 11 is 1.42. The summed E-state index contributed by atoms with van der Waals surface area (Å²) in [4.78, 5) is 19.0. The van der Waals surface area contributed by atoms with Gasteiger partial charge in [0.1, 0.15) is 0 Å². The van der Waals surface area contributed by atoms with Gasteiger partial charge in [0.25, 0.3) is 5.91 Å². The molecule has 2 aliphatic rings. The number of carbonyl (C=O) groups excluding carboxylic acids is 1. The van der Waals surface area contributed by atoms with Gasteiger partial charge in [0.05, 0.1) is 24.0 Å². The number of nitrogens with zero attached hydrogens (tertiary/aromatic N) is 2. The number of rotatable bonds is 3. The molecule has 0 aliphatic carbocycles. The van der Waals surface area contributed by atoms with Crippen LogP contribution in [0, 0.1) is 13.8 Å². The second-order valence-electron chi connectivity index (χ2n) is 7.41. The summed E-state index contributed by atoms with van der Waals surface area (Å²) in [5, 5.41) is 0.521. The first-order chi connectivity index (χ1) is 13.3. The predicted octanol–water partition coefficient (Wildman–Crippen LogP) is 3.15. The molecule has 1 amide bonds. The first-order valence-corrected chi connectivity index (χ1v) is 11.9. The molecule has 0 radical (unpaired) electrons. The van der Waals surface area contributed by atoms with Gasteiger partial charge in [0.15, 0.2) is 15.0 Å². The Labute approximate surface area is 169 Å². The van der Waals surface area contributed by atoms with Gasteiger partial charge in [-0.25, -0.2) is 8.42 Å². The molecule has 2 heterocycles. The molecule has 0 spiro atoms. The fourth-order valence-electron chi connectivity index (χ4n) is 3.74. The van der Waals surface area contributed by atoms with Crippen molar-refractivity contribution in [1.82, 2.24) is 0 Å². The van der Waals surface area contributed by atoms with Crippen molar-refractivity contribution in [2.75, 3.05) is 16.4 Å². The van der Waals surface area contributed by atoms with E-state index in [0.29, 0.717) is 5.17 Å². The summed E-state index contributed by atoms with van der Waals surface area (Å²) in [5.41, 5.74) is 3.98. The van der Waals surface area contributed by atoms with E-state index in [-0.39, 0.29) is 35.1 Å². The molecule has 2 atom stereocenters. The number of amides is 1. The highest BCUT2D eigenvalue weighted by Gasteiger charge is 2.49.